The Bertz CT molecular complexity index is 744. The molecule has 1 aliphatic rings. The van der Waals surface area contributed by atoms with Crippen molar-refractivity contribution in [2.24, 2.45) is 0 Å². The van der Waals surface area contributed by atoms with Crippen molar-refractivity contribution < 1.29 is 14.3 Å². The first kappa shape index (κ1) is 17.2. The number of amides is 2. The lowest BCUT2D eigenvalue weighted by Crippen LogP contribution is -2.53. The molecule has 2 heterocycles. The number of methoxy groups -OCH3 is 1. The maximum absolute atomic E-state index is 13.0. The maximum atomic E-state index is 13.0. The molecule has 1 aromatic carbocycles. The topological polar surface area (TPSA) is 78.5 Å². The summed E-state index contributed by atoms with van der Waals surface area (Å²) in [5.74, 6) is -0.295. The lowest BCUT2D eigenvalue weighted by Gasteiger charge is -2.36. The second-order valence-corrected chi connectivity index (χ2v) is 6.18. The van der Waals surface area contributed by atoms with Gasteiger partial charge < -0.3 is 19.5 Å². The number of ether oxygens (including phenoxy) is 1. The van der Waals surface area contributed by atoms with Crippen LogP contribution in [0.5, 0.6) is 0 Å². The molecule has 25 heavy (non-hydrogen) atoms. The molecule has 132 valence electrons. The molecule has 1 N–H and O–H groups in total. The number of H-pyrrole nitrogens is 1. The Morgan fingerprint density at radius 2 is 2.12 bits per heavy atom. The van der Waals surface area contributed by atoms with E-state index in [1.807, 2.05) is 30.3 Å². The zero-order valence-electron chi connectivity index (χ0n) is 14.4. The first-order chi connectivity index (χ1) is 12.1. The van der Waals surface area contributed by atoms with Gasteiger partial charge in [-0.3, -0.25) is 9.59 Å². The molecule has 0 saturated heterocycles. The molecule has 1 aliphatic heterocycles. The van der Waals surface area contributed by atoms with Gasteiger partial charge in [-0.25, -0.2) is 4.98 Å². The van der Waals surface area contributed by atoms with E-state index in [4.69, 9.17) is 4.74 Å². The van der Waals surface area contributed by atoms with Crippen molar-refractivity contribution >= 4 is 11.8 Å². The normalized spacial score (nSPS) is 16.4. The number of fused-ring (bicyclic) bond motifs is 1. The number of hydrogen-bond acceptors (Lipinski definition) is 4. The van der Waals surface area contributed by atoms with Crippen molar-refractivity contribution in [3.8, 4) is 0 Å². The molecular formula is C18H22N4O3. The van der Waals surface area contributed by atoms with Crippen LogP contribution in [0.2, 0.25) is 0 Å². The zero-order valence-corrected chi connectivity index (χ0v) is 14.4. The molecule has 0 bridgehead atoms. The number of nitrogens with zero attached hydrogens (tertiary/aromatic N) is 3. The van der Waals surface area contributed by atoms with Crippen LogP contribution in [0.25, 0.3) is 0 Å². The predicted octanol–water partition coefficient (Wildman–Crippen LogP) is 0.968. The number of carbonyl (C=O) groups excluding carboxylic acids is 2. The highest BCUT2D eigenvalue weighted by atomic mass is 16.5. The Labute approximate surface area is 146 Å². The van der Waals surface area contributed by atoms with Crippen LogP contribution in [0.4, 0.5) is 0 Å². The van der Waals surface area contributed by atoms with Crippen LogP contribution < -0.4 is 0 Å². The summed E-state index contributed by atoms with van der Waals surface area (Å²) in [4.78, 5) is 36.0. The highest BCUT2D eigenvalue weighted by molar-refractivity contribution is 5.88. The van der Waals surface area contributed by atoms with Crippen LogP contribution in [0.15, 0.2) is 36.7 Å². The van der Waals surface area contributed by atoms with Gasteiger partial charge in [-0.15, -0.1) is 0 Å². The fraction of sp³-hybridized carbons (Fsp3) is 0.389. The Morgan fingerprint density at radius 1 is 1.36 bits per heavy atom. The molecule has 7 nitrogen and oxygen atoms in total. The number of aromatic amines is 1. The van der Waals surface area contributed by atoms with Gasteiger partial charge in [0.25, 0.3) is 0 Å². The van der Waals surface area contributed by atoms with Crippen molar-refractivity contribution in [1.29, 1.82) is 0 Å². The van der Waals surface area contributed by atoms with Crippen molar-refractivity contribution in [1.82, 2.24) is 19.8 Å². The molecule has 1 atom stereocenters. The van der Waals surface area contributed by atoms with E-state index in [2.05, 4.69) is 9.97 Å². The standard InChI is InChI=1S/C18H22N4O3/c1-21(9-13-6-4-3-5-7-13)18(24)16-8-14-15(20-12-19-14)10-22(16)17(23)11-25-2/h3-7,12,16H,8-11H2,1-2H3,(H,19,20)/t16-/m0/s1. The molecule has 0 fully saturated rings. The first-order valence-electron chi connectivity index (χ1n) is 8.18. The molecule has 3 rings (SSSR count). The Balaban J connectivity index is 1.79. The third-order valence-electron chi connectivity index (χ3n) is 4.41. The molecule has 0 aliphatic carbocycles. The van der Waals surface area contributed by atoms with E-state index >= 15 is 0 Å². The Hall–Kier alpha value is -2.67. The predicted molar refractivity (Wildman–Crippen MR) is 91.4 cm³/mol. The van der Waals surface area contributed by atoms with E-state index < -0.39 is 6.04 Å². The van der Waals surface area contributed by atoms with Gasteiger partial charge in [-0.1, -0.05) is 30.3 Å². The summed E-state index contributed by atoms with van der Waals surface area (Å²) in [7, 11) is 3.23. The van der Waals surface area contributed by atoms with Crippen molar-refractivity contribution in [2.75, 3.05) is 20.8 Å². The fourth-order valence-corrected chi connectivity index (χ4v) is 3.11. The largest absolute Gasteiger partial charge is 0.375 e. The van der Waals surface area contributed by atoms with E-state index in [1.165, 1.54) is 7.11 Å². The summed E-state index contributed by atoms with van der Waals surface area (Å²) in [6, 6.07) is 9.22. The van der Waals surface area contributed by atoms with E-state index in [0.29, 0.717) is 19.5 Å². The molecule has 7 heteroatoms. The Kier molecular flexibility index (Phi) is 5.14. The van der Waals surface area contributed by atoms with Crippen LogP contribution in [0, 0.1) is 0 Å². The minimum absolute atomic E-state index is 0.0460. The number of benzene rings is 1. The summed E-state index contributed by atoms with van der Waals surface area (Å²) in [5.41, 5.74) is 2.76. The lowest BCUT2D eigenvalue weighted by atomic mass is 10.0. The van der Waals surface area contributed by atoms with Gasteiger partial charge in [0.1, 0.15) is 12.6 Å². The Morgan fingerprint density at radius 3 is 2.84 bits per heavy atom. The molecule has 0 saturated carbocycles. The number of hydrogen-bond donors (Lipinski definition) is 1. The van der Waals surface area contributed by atoms with Crippen molar-refractivity contribution in [2.45, 2.75) is 25.6 Å². The van der Waals surface area contributed by atoms with Crippen LogP contribution in [-0.2, 0) is 33.8 Å². The zero-order chi connectivity index (χ0) is 17.8. The minimum Gasteiger partial charge on any atom is -0.375 e. The van der Waals surface area contributed by atoms with Gasteiger partial charge in [0, 0.05) is 27.1 Å². The smallest absolute Gasteiger partial charge is 0.249 e. The fourth-order valence-electron chi connectivity index (χ4n) is 3.11. The maximum Gasteiger partial charge on any atom is 0.249 e. The van der Waals surface area contributed by atoms with E-state index in [1.54, 1.807) is 23.2 Å². The quantitative estimate of drug-likeness (QED) is 0.878. The lowest BCUT2D eigenvalue weighted by molar-refractivity contribution is -0.148. The average molecular weight is 342 g/mol. The summed E-state index contributed by atoms with van der Waals surface area (Å²) in [6.07, 6.45) is 2.01. The highest BCUT2D eigenvalue weighted by Crippen LogP contribution is 2.22. The van der Waals surface area contributed by atoms with E-state index in [9.17, 15) is 9.59 Å². The molecule has 2 aromatic rings. The number of rotatable bonds is 5. The third kappa shape index (κ3) is 3.71. The number of likely N-dealkylation sites (N-methyl/N-ethyl adjacent to an activating group) is 1. The monoisotopic (exact) mass is 342 g/mol. The first-order valence-corrected chi connectivity index (χ1v) is 8.18. The van der Waals surface area contributed by atoms with Crippen LogP contribution in [0.3, 0.4) is 0 Å². The molecule has 1 aromatic heterocycles. The molecule has 0 unspecified atom stereocenters. The van der Waals surface area contributed by atoms with Gasteiger partial charge in [-0.05, 0) is 5.56 Å². The summed E-state index contributed by atoms with van der Waals surface area (Å²) >= 11 is 0. The average Bonchev–Trinajstić information content (AvgIpc) is 3.08. The SMILES string of the molecule is COCC(=O)N1Cc2[nH]cnc2C[C@H]1C(=O)N(C)Cc1ccccc1. The van der Waals surface area contributed by atoms with E-state index in [-0.39, 0.29) is 18.4 Å². The molecule has 0 spiro atoms. The summed E-state index contributed by atoms with van der Waals surface area (Å²) in [5, 5.41) is 0. The summed E-state index contributed by atoms with van der Waals surface area (Å²) in [6.45, 7) is 0.790. The number of carbonyl (C=O) groups is 2. The van der Waals surface area contributed by atoms with Crippen LogP contribution in [-0.4, -0.2) is 58.4 Å². The van der Waals surface area contributed by atoms with Gasteiger partial charge in [0.05, 0.1) is 24.3 Å². The second-order valence-electron chi connectivity index (χ2n) is 6.18. The number of imidazole rings is 1. The molecule has 0 radical (unpaired) electrons. The third-order valence-corrected chi connectivity index (χ3v) is 4.41. The van der Waals surface area contributed by atoms with Crippen LogP contribution >= 0.6 is 0 Å². The molecule has 2 amide bonds. The molecular weight excluding hydrogens is 320 g/mol. The second kappa shape index (κ2) is 7.48. The summed E-state index contributed by atoms with van der Waals surface area (Å²) < 4.78 is 4.97. The number of nitrogens with one attached hydrogen (secondary N) is 1. The van der Waals surface area contributed by atoms with Crippen molar-refractivity contribution in [3.63, 3.8) is 0 Å². The van der Waals surface area contributed by atoms with Crippen LogP contribution in [0.1, 0.15) is 17.0 Å². The number of aromatic nitrogens is 2. The van der Waals surface area contributed by atoms with Gasteiger partial charge in [0.15, 0.2) is 0 Å². The van der Waals surface area contributed by atoms with Gasteiger partial charge in [0.2, 0.25) is 11.8 Å². The van der Waals surface area contributed by atoms with Gasteiger partial charge >= 0.3 is 0 Å². The van der Waals surface area contributed by atoms with Gasteiger partial charge in [-0.2, -0.15) is 0 Å². The highest BCUT2D eigenvalue weighted by Gasteiger charge is 2.37. The van der Waals surface area contributed by atoms with Crippen molar-refractivity contribution in [3.05, 3.63) is 53.6 Å². The van der Waals surface area contributed by atoms with E-state index in [0.717, 1.165) is 17.0 Å². The minimum atomic E-state index is -0.563.